The van der Waals surface area contributed by atoms with Crippen molar-refractivity contribution in [1.29, 1.82) is 0 Å². The molecule has 0 aliphatic carbocycles. The van der Waals surface area contributed by atoms with Crippen LogP contribution in [-0.4, -0.2) is 79.4 Å². The molecule has 11 nitrogen and oxygen atoms in total. The monoisotopic (exact) mass is 694 g/mol. The maximum atomic E-state index is 15.1. The second-order valence-corrected chi connectivity index (χ2v) is 18.9. The summed E-state index contributed by atoms with van der Waals surface area (Å²) in [6.45, 7) is 9.59. The summed E-state index contributed by atoms with van der Waals surface area (Å²) in [6.07, 6.45) is 2.76. The molecule has 2 fully saturated rings. The first-order valence-electron chi connectivity index (χ1n) is 17.5. The van der Waals surface area contributed by atoms with Crippen molar-refractivity contribution < 1.29 is 24.2 Å². The van der Waals surface area contributed by atoms with Gasteiger partial charge in [-0.15, -0.1) is 5.10 Å². The van der Waals surface area contributed by atoms with E-state index in [9.17, 15) is 9.90 Å². The van der Waals surface area contributed by atoms with Crippen molar-refractivity contribution in [3.8, 4) is 5.75 Å². The Kier molecular flexibility index (Phi) is 9.37. The second kappa shape index (κ2) is 13.7. The van der Waals surface area contributed by atoms with Crippen molar-refractivity contribution >= 4 is 36.4 Å². The number of methoxy groups -OCH3 is 1. The van der Waals surface area contributed by atoms with Gasteiger partial charge in [-0.3, -0.25) is 14.3 Å². The van der Waals surface area contributed by atoms with E-state index >= 15 is 4.79 Å². The van der Waals surface area contributed by atoms with Gasteiger partial charge in [0, 0.05) is 56.0 Å². The number of ether oxygens (including phenoxy) is 2. The Labute approximate surface area is 294 Å². The first kappa shape index (κ1) is 34.1. The average Bonchev–Trinajstić information content (AvgIpc) is 3.78. The van der Waals surface area contributed by atoms with Crippen LogP contribution in [0.5, 0.6) is 5.75 Å². The molecule has 4 heterocycles. The molecular weight excluding hydrogens is 649 g/mol. The third-order valence-corrected chi connectivity index (χ3v) is 15.4. The lowest BCUT2D eigenvalue weighted by Crippen LogP contribution is -2.51. The maximum absolute atomic E-state index is 15.1. The number of hydrogen-bond acceptors (Lipinski definition) is 8. The number of para-hydroxylation sites is 1. The zero-order valence-electron chi connectivity index (χ0n) is 29.2. The van der Waals surface area contributed by atoms with E-state index in [1.165, 1.54) is 5.19 Å². The number of amides is 2. The number of fused-ring (bicyclic) bond motifs is 2. The fourth-order valence-electron chi connectivity index (χ4n) is 8.52. The molecule has 3 aromatic carbocycles. The van der Waals surface area contributed by atoms with E-state index in [4.69, 9.17) is 9.47 Å². The SMILES string of the molecule is COc1ccc([Si](C)(C)[C@H]2[C@H](CCn3cc(CCO)nn3)O[C@@]3(C(=O)N(Cc4cccc(N5CCNCC5=O)c4)c4ccccc43)[C@@H]2C)cc1. The molecule has 0 saturated carbocycles. The number of nitrogens with zero attached hydrogens (tertiary/aromatic N) is 5. The van der Waals surface area contributed by atoms with Crippen molar-refractivity contribution in [1.82, 2.24) is 20.3 Å². The van der Waals surface area contributed by atoms with Crippen molar-refractivity contribution in [2.45, 2.75) is 63.2 Å². The fraction of sp³-hybridized carbons (Fsp3) is 0.421. The number of rotatable bonds is 11. The zero-order chi connectivity index (χ0) is 35.0. The van der Waals surface area contributed by atoms with E-state index < -0.39 is 13.7 Å². The fourth-order valence-corrected chi connectivity index (χ4v) is 12.6. The number of hydrogen-bond donors (Lipinski definition) is 2. The average molecular weight is 695 g/mol. The van der Waals surface area contributed by atoms with Crippen LogP contribution in [-0.2, 0) is 39.4 Å². The lowest BCUT2D eigenvalue weighted by molar-refractivity contribution is -0.146. The summed E-state index contributed by atoms with van der Waals surface area (Å²) in [4.78, 5) is 31.5. The molecule has 2 saturated heterocycles. The molecule has 3 aliphatic rings. The van der Waals surface area contributed by atoms with Crippen LogP contribution < -0.4 is 25.0 Å². The molecule has 2 amide bonds. The van der Waals surface area contributed by atoms with Gasteiger partial charge < -0.3 is 29.7 Å². The first-order chi connectivity index (χ1) is 24.2. The van der Waals surface area contributed by atoms with Gasteiger partial charge in [0.25, 0.3) is 5.91 Å². The Balaban J connectivity index is 1.24. The Bertz CT molecular complexity index is 1860. The molecule has 262 valence electrons. The predicted molar refractivity (Wildman–Crippen MR) is 194 cm³/mol. The van der Waals surface area contributed by atoms with Crippen LogP contribution in [0.4, 0.5) is 11.4 Å². The lowest BCUT2D eigenvalue weighted by atomic mass is 9.82. The minimum Gasteiger partial charge on any atom is -0.497 e. The summed E-state index contributed by atoms with van der Waals surface area (Å²) in [7, 11) is -0.623. The molecule has 2 N–H and O–H groups in total. The summed E-state index contributed by atoms with van der Waals surface area (Å²) >= 11 is 0. The molecule has 3 aliphatic heterocycles. The van der Waals surface area contributed by atoms with E-state index in [2.05, 4.69) is 53.8 Å². The highest BCUT2D eigenvalue weighted by atomic mass is 28.3. The molecule has 4 atom stereocenters. The van der Waals surface area contributed by atoms with E-state index in [1.54, 1.807) is 7.11 Å². The number of anilines is 2. The smallest absolute Gasteiger partial charge is 0.264 e. The number of aliphatic hydroxyl groups excluding tert-OH is 1. The highest BCUT2D eigenvalue weighted by molar-refractivity contribution is 6.91. The van der Waals surface area contributed by atoms with Crippen molar-refractivity contribution in [3.05, 3.63) is 95.8 Å². The summed E-state index contributed by atoms with van der Waals surface area (Å²) < 4.78 is 14.6. The first-order valence-corrected chi connectivity index (χ1v) is 20.6. The molecule has 0 unspecified atom stereocenters. The highest BCUT2D eigenvalue weighted by Gasteiger charge is 2.66. The van der Waals surface area contributed by atoms with Crippen molar-refractivity contribution in [3.63, 3.8) is 0 Å². The van der Waals surface area contributed by atoms with Crippen LogP contribution in [0, 0.1) is 5.92 Å². The largest absolute Gasteiger partial charge is 0.497 e. The summed E-state index contributed by atoms with van der Waals surface area (Å²) in [6, 6.07) is 24.4. The van der Waals surface area contributed by atoms with Gasteiger partial charge in [-0.2, -0.15) is 0 Å². The molecule has 1 aromatic heterocycles. The number of nitrogens with one attached hydrogen (secondary N) is 1. The molecule has 1 spiro atoms. The van der Waals surface area contributed by atoms with Crippen LogP contribution >= 0.6 is 0 Å². The molecule has 12 heteroatoms. The number of carbonyl (C=O) groups is 2. The summed E-state index contributed by atoms with van der Waals surface area (Å²) in [5.74, 6) is 0.681. The normalized spacial score (nSPS) is 23.6. The highest BCUT2D eigenvalue weighted by Crippen LogP contribution is 2.60. The summed E-state index contributed by atoms with van der Waals surface area (Å²) in [5, 5.41) is 22.3. The van der Waals surface area contributed by atoms with Crippen LogP contribution in [0.3, 0.4) is 0 Å². The molecule has 7 rings (SSSR count). The van der Waals surface area contributed by atoms with Gasteiger partial charge in [0.05, 0.1) is 45.8 Å². The quantitative estimate of drug-likeness (QED) is 0.229. The molecule has 0 radical (unpaired) electrons. The number of aliphatic hydroxyl groups is 1. The standard InChI is InChI=1S/C38H46N6O5Si/c1-26-36(50(3,4)31-14-12-30(48-2)13-15-31)34(16-19-42-25-28(17-21-45)40-41-42)49-38(26)32-10-5-6-11-33(32)44(37(38)47)24-27-8-7-9-29(22-27)43-20-18-39-23-35(43)46/h5-15,22,25-26,34,36,39,45H,16-21,23-24H2,1-4H3/t26-,34+,36-,38+/m1/s1. The van der Waals surface area contributed by atoms with E-state index in [-0.39, 0.29) is 36.0 Å². The Morgan fingerprint density at radius 1 is 1.08 bits per heavy atom. The number of carbonyl (C=O) groups excluding carboxylic acids is 2. The van der Waals surface area contributed by atoms with Crippen molar-refractivity contribution in [2.75, 3.05) is 43.2 Å². The van der Waals surface area contributed by atoms with Crippen LogP contribution in [0.15, 0.2) is 79.0 Å². The third kappa shape index (κ3) is 5.93. The molecule has 50 heavy (non-hydrogen) atoms. The predicted octanol–water partition coefficient (Wildman–Crippen LogP) is 3.61. The van der Waals surface area contributed by atoms with Gasteiger partial charge in [-0.05, 0) is 47.9 Å². The second-order valence-electron chi connectivity index (χ2n) is 14.2. The Morgan fingerprint density at radius 3 is 2.64 bits per heavy atom. The summed E-state index contributed by atoms with van der Waals surface area (Å²) in [5.41, 5.74) is 3.25. The lowest BCUT2D eigenvalue weighted by Gasteiger charge is -2.37. The number of piperazine rings is 1. The van der Waals surface area contributed by atoms with Crippen LogP contribution in [0.1, 0.15) is 30.2 Å². The third-order valence-electron chi connectivity index (χ3n) is 11.0. The minimum absolute atomic E-state index is 0.0182. The van der Waals surface area contributed by atoms with Gasteiger partial charge >= 0.3 is 0 Å². The Hall–Kier alpha value is -4.36. The molecule has 4 aromatic rings. The zero-order valence-corrected chi connectivity index (χ0v) is 30.2. The van der Waals surface area contributed by atoms with Crippen LogP contribution in [0.25, 0.3) is 0 Å². The van der Waals surface area contributed by atoms with Crippen LogP contribution in [0.2, 0.25) is 18.6 Å². The van der Waals surface area contributed by atoms with Gasteiger partial charge in [0.15, 0.2) is 5.60 Å². The maximum Gasteiger partial charge on any atom is 0.264 e. The van der Waals surface area contributed by atoms with Gasteiger partial charge in [0.2, 0.25) is 5.91 Å². The minimum atomic E-state index is -2.30. The Morgan fingerprint density at radius 2 is 1.88 bits per heavy atom. The van der Waals surface area contributed by atoms with Crippen molar-refractivity contribution in [2.24, 2.45) is 5.92 Å². The molecule has 0 bridgehead atoms. The number of aryl methyl sites for hydroxylation is 1. The van der Waals surface area contributed by atoms with Gasteiger partial charge in [0.1, 0.15) is 5.75 Å². The topological polar surface area (TPSA) is 122 Å². The number of benzene rings is 3. The van der Waals surface area contributed by atoms with Gasteiger partial charge in [-0.25, -0.2) is 0 Å². The van der Waals surface area contributed by atoms with Gasteiger partial charge in [-0.1, -0.05) is 72.9 Å². The number of aromatic nitrogens is 3. The van der Waals surface area contributed by atoms with E-state index in [1.807, 2.05) is 75.3 Å². The van der Waals surface area contributed by atoms with E-state index in [0.29, 0.717) is 39.0 Å². The van der Waals surface area contributed by atoms with E-state index in [0.717, 1.165) is 40.5 Å². The molecular formula is C38H46N6O5Si.